The van der Waals surface area contributed by atoms with Gasteiger partial charge in [-0.3, -0.25) is 14.5 Å². The van der Waals surface area contributed by atoms with Gasteiger partial charge in [-0.2, -0.15) is 0 Å². The number of carbonyl (C=O) groups excluding carboxylic acids is 3. The highest BCUT2D eigenvalue weighted by molar-refractivity contribution is 7.17. The minimum absolute atomic E-state index is 0.0288. The van der Waals surface area contributed by atoms with Crippen molar-refractivity contribution in [1.82, 2.24) is 4.98 Å². The lowest BCUT2D eigenvalue weighted by Crippen LogP contribution is -2.29. The van der Waals surface area contributed by atoms with E-state index in [0.29, 0.717) is 28.1 Å². The molecule has 0 spiro atoms. The molecule has 0 radical (unpaired) electrons. The number of rotatable bonds is 8. The molecule has 9 heteroatoms. The smallest absolute Gasteiger partial charge is 0.350 e. The van der Waals surface area contributed by atoms with Crippen LogP contribution in [0.5, 0.6) is 5.75 Å². The average molecular weight is 533 g/mol. The predicted octanol–water partition coefficient (Wildman–Crippen LogP) is 5.30. The molecular formula is C29H28N2O6S. The third kappa shape index (κ3) is 4.84. The van der Waals surface area contributed by atoms with Gasteiger partial charge in [-0.1, -0.05) is 55.2 Å². The number of esters is 1. The number of carbonyl (C=O) groups is 3. The molecule has 38 heavy (non-hydrogen) atoms. The number of thiazole rings is 1. The summed E-state index contributed by atoms with van der Waals surface area (Å²) in [5, 5.41) is 11.6. The Morgan fingerprint density at radius 3 is 2.50 bits per heavy atom. The number of methoxy groups -OCH3 is 1. The first-order chi connectivity index (χ1) is 18.2. The quantitative estimate of drug-likeness (QED) is 0.138. The van der Waals surface area contributed by atoms with Gasteiger partial charge in [0.05, 0.1) is 24.4 Å². The number of aliphatic hydroxyl groups excluding tert-OH is 1. The van der Waals surface area contributed by atoms with Crippen LogP contribution in [0.3, 0.4) is 0 Å². The number of ketones is 1. The van der Waals surface area contributed by atoms with E-state index >= 15 is 0 Å². The molecule has 1 fully saturated rings. The Balaban J connectivity index is 1.90. The molecule has 1 atom stereocenters. The molecule has 3 aromatic rings. The van der Waals surface area contributed by atoms with Gasteiger partial charge in [-0.05, 0) is 55.2 Å². The Labute approximate surface area is 224 Å². The van der Waals surface area contributed by atoms with Crippen LogP contribution in [-0.4, -0.2) is 41.5 Å². The SMILES string of the molecule is C=CCOC(=O)c1sc(N2C(=O)C(=O)C(=C(O)c3ccc(OC)cc3C)[C@@H]2c2ccc(CC)cc2)nc1C. The second-order valence-electron chi connectivity index (χ2n) is 8.74. The van der Waals surface area contributed by atoms with Crippen LogP contribution in [0.4, 0.5) is 5.13 Å². The minimum Gasteiger partial charge on any atom is -0.507 e. The minimum atomic E-state index is -0.954. The summed E-state index contributed by atoms with van der Waals surface area (Å²) in [7, 11) is 1.54. The van der Waals surface area contributed by atoms with Crippen LogP contribution in [0, 0.1) is 13.8 Å². The van der Waals surface area contributed by atoms with Gasteiger partial charge in [0.1, 0.15) is 23.0 Å². The van der Waals surface area contributed by atoms with E-state index in [1.54, 1.807) is 32.0 Å². The summed E-state index contributed by atoms with van der Waals surface area (Å²) in [4.78, 5) is 45.4. The zero-order valence-corrected chi connectivity index (χ0v) is 22.4. The van der Waals surface area contributed by atoms with Crippen molar-refractivity contribution in [3.8, 4) is 5.75 Å². The summed E-state index contributed by atoms with van der Waals surface area (Å²) in [6.07, 6.45) is 2.27. The molecule has 0 aliphatic carbocycles. The number of anilines is 1. The lowest BCUT2D eigenvalue weighted by molar-refractivity contribution is -0.132. The lowest BCUT2D eigenvalue weighted by atomic mass is 9.93. The Hall–Kier alpha value is -4.24. The van der Waals surface area contributed by atoms with Gasteiger partial charge in [-0.25, -0.2) is 9.78 Å². The first-order valence-corrected chi connectivity index (χ1v) is 12.8. The first kappa shape index (κ1) is 26.8. The Morgan fingerprint density at radius 2 is 1.89 bits per heavy atom. The summed E-state index contributed by atoms with van der Waals surface area (Å²) in [6, 6.07) is 11.6. The topological polar surface area (TPSA) is 106 Å². The third-order valence-corrected chi connectivity index (χ3v) is 7.48. The van der Waals surface area contributed by atoms with Gasteiger partial charge in [-0.15, -0.1) is 0 Å². The van der Waals surface area contributed by atoms with E-state index in [1.165, 1.54) is 18.1 Å². The van der Waals surface area contributed by atoms with Crippen molar-refractivity contribution in [3.05, 3.63) is 93.5 Å². The number of Topliss-reactive ketones (excluding diaryl/α,β-unsaturated/α-hetero) is 1. The molecule has 0 unspecified atom stereocenters. The molecule has 2 aromatic carbocycles. The molecule has 1 N–H and O–H groups in total. The third-order valence-electron chi connectivity index (χ3n) is 6.35. The normalized spacial score (nSPS) is 16.5. The van der Waals surface area contributed by atoms with Crippen LogP contribution in [0.1, 0.15) is 50.6 Å². The fourth-order valence-corrected chi connectivity index (χ4v) is 5.32. The molecule has 1 aliphatic rings. The lowest BCUT2D eigenvalue weighted by Gasteiger charge is -2.23. The summed E-state index contributed by atoms with van der Waals surface area (Å²) < 4.78 is 10.4. The zero-order chi connectivity index (χ0) is 27.6. The zero-order valence-electron chi connectivity index (χ0n) is 21.6. The van der Waals surface area contributed by atoms with Crippen molar-refractivity contribution in [2.45, 2.75) is 33.2 Å². The van der Waals surface area contributed by atoms with E-state index in [4.69, 9.17) is 9.47 Å². The molecule has 196 valence electrons. The van der Waals surface area contributed by atoms with E-state index in [9.17, 15) is 19.5 Å². The molecule has 8 nitrogen and oxygen atoms in total. The van der Waals surface area contributed by atoms with E-state index in [-0.39, 0.29) is 27.9 Å². The van der Waals surface area contributed by atoms with Gasteiger partial charge in [0.25, 0.3) is 5.78 Å². The van der Waals surface area contributed by atoms with Crippen molar-refractivity contribution in [2.24, 2.45) is 0 Å². The molecular weight excluding hydrogens is 504 g/mol. The largest absolute Gasteiger partial charge is 0.507 e. The number of aliphatic hydroxyl groups is 1. The standard InChI is InChI=1S/C29H28N2O6S/c1-6-14-37-28(35)26-17(4)30-29(38-26)31-23(19-10-8-18(7-2)9-11-19)22(25(33)27(31)34)24(32)21-13-12-20(36-5)15-16(21)3/h6,8-13,15,23,32H,1,7,14H2,2-5H3/t23-/m0/s1. The monoisotopic (exact) mass is 532 g/mol. The number of ether oxygens (including phenoxy) is 2. The van der Waals surface area contributed by atoms with Crippen molar-refractivity contribution >= 4 is 39.9 Å². The number of benzene rings is 2. The highest BCUT2D eigenvalue weighted by Crippen LogP contribution is 2.44. The Morgan fingerprint density at radius 1 is 1.18 bits per heavy atom. The summed E-state index contributed by atoms with van der Waals surface area (Å²) >= 11 is 0.957. The predicted molar refractivity (Wildman–Crippen MR) is 146 cm³/mol. The average Bonchev–Trinajstić information content (AvgIpc) is 3.43. The number of hydrogen-bond donors (Lipinski definition) is 1. The van der Waals surface area contributed by atoms with Gasteiger partial charge in [0.15, 0.2) is 5.13 Å². The van der Waals surface area contributed by atoms with Crippen molar-refractivity contribution in [2.75, 3.05) is 18.6 Å². The van der Waals surface area contributed by atoms with Gasteiger partial charge < -0.3 is 14.6 Å². The van der Waals surface area contributed by atoms with Gasteiger partial charge in [0.2, 0.25) is 0 Å². The number of nitrogens with zero attached hydrogens (tertiary/aromatic N) is 2. The molecule has 4 rings (SSSR count). The number of aromatic nitrogens is 1. The number of aryl methyl sites for hydroxylation is 3. The molecule has 1 aliphatic heterocycles. The fourth-order valence-electron chi connectivity index (χ4n) is 4.33. The van der Waals surface area contributed by atoms with E-state index in [1.807, 2.05) is 31.2 Å². The molecule has 1 aromatic heterocycles. The van der Waals surface area contributed by atoms with Crippen molar-refractivity contribution < 1.29 is 29.0 Å². The maximum Gasteiger partial charge on any atom is 0.350 e. The molecule has 0 bridgehead atoms. The first-order valence-electron chi connectivity index (χ1n) is 12.0. The summed E-state index contributed by atoms with van der Waals surface area (Å²) in [6.45, 7) is 9.01. The van der Waals surface area contributed by atoms with Crippen LogP contribution < -0.4 is 9.64 Å². The van der Waals surface area contributed by atoms with Crippen LogP contribution in [0.2, 0.25) is 0 Å². The summed E-state index contributed by atoms with van der Waals surface area (Å²) in [5.74, 6) is -1.98. The molecule has 0 saturated carbocycles. The second kappa shape index (κ2) is 11.0. The second-order valence-corrected chi connectivity index (χ2v) is 9.72. The van der Waals surface area contributed by atoms with Crippen molar-refractivity contribution in [3.63, 3.8) is 0 Å². The molecule has 2 heterocycles. The maximum atomic E-state index is 13.5. The number of amides is 1. The Bertz CT molecular complexity index is 1450. The van der Waals surface area contributed by atoms with Crippen molar-refractivity contribution in [1.29, 1.82) is 0 Å². The highest BCUT2D eigenvalue weighted by Gasteiger charge is 2.48. The van der Waals surface area contributed by atoms with E-state index in [2.05, 4.69) is 11.6 Å². The van der Waals surface area contributed by atoms with Crippen LogP contribution in [0.15, 0.2) is 60.7 Å². The van der Waals surface area contributed by atoms with Gasteiger partial charge in [0, 0.05) is 5.56 Å². The van der Waals surface area contributed by atoms with Gasteiger partial charge >= 0.3 is 11.9 Å². The summed E-state index contributed by atoms with van der Waals surface area (Å²) in [5.41, 5.74) is 3.09. The van der Waals surface area contributed by atoms with Crippen LogP contribution in [0.25, 0.3) is 5.76 Å². The Kier molecular flexibility index (Phi) is 7.78. The van der Waals surface area contributed by atoms with E-state index in [0.717, 1.165) is 23.3 Å². The number of hydrogen-bond acceptors (Lipinski definition) is 8. The van der Waals surface area contributed by atoms with Crippen LogP contribution >= 0.6 is 11.3 Å². The van der Waals surface area contributed by atoms with Crippen LogP contribution in [-0.2, 0) is 20.7 Å². The van der Waals surface area contributed by atoms with E-state index < -0.39 is 23.7 Å². The molecule has 1 saturated heterocycles. The maximum absolute atomic E-state index is 13.5. The fraction of sp³-hybridized carbons (Fsp3) is 0.241. The highest BCUT2D eigenvalue weighted by atomic mass is 32.1. The molecule has 1 amide bonds.